The summed E-state index contributed by atoms with van der Waals surface area (Å²) in [6.07, 6.45) is 1.62. The van der Waals surface area contributed by atoms with E-state index in [0.29, 0.717) is 24.6 Å². The topological polar surface area (TPSA) is 80.5 Å². The highest BCUT2D eigenvalue weighted by Crippen LogP contribution is 2.12. The van der Waals surface area contributed by atoms with Crippen LogP contribution in [0.15, 0.2) is 18.3 Å². The Morgan fingerprint density at radius 1 is 1.50 bits per heavy atom. The summed E-state index contributed by atoms with van der Waals surface area (Å²) in [6.45, 7) is 2.86. The predicted octanol–water partition coefficient (Wildman–Crippen LogP) is -0.160. The summed E-state index contributed by atoms with van der Waals surface area (Å²) in [5.74, 6) is 0.0146. The first kappa shape index (κ1) is 10.8. The number of carbonyl (C=O) groups is 1. The fourth-order valence-corrected chi connectivity index (χ4v) is 1.52. The second-order valence-electron chi connectivity index (χ2n) is 3.48. The second-order valence-corrected chi connectivity index (χ2v) is 3.48. The molecule has 1 fully saturated rings. The molecule has 6 heteroatoms. The molecule has 86 valence electrons. The van der Waals surface area contributed by atoms with Crippen molar-refractivity contribution in [2.45, 2.75) is 0 Å². The maximum absolute atomic E-state index is 11.2. The zero-order valence-corrected chi connectivity index (χ0v) is 8.85. The van der Waals surface area contributed by atoms with Crippen molar-refractivity contribution in [3.05, 3.63) is 23.9 Å². The second kappa shape index (κ2) is 4.91. The summed E-state index contributed by atoms with van der Waals surface area (Å²) in [4.78, 5) is 15.3. The van der Waals surface area contributed by atoms with E-state index < -0.39 is 5.91 Å². The lowest BCUT2D eigenvalue weighted by atomic mass is 10.2. The van der Waals surface area contributed by atoms with Crippen LogP contribution in [0.3, 0.4) is 0 Å². The Morgan fingerprint density at radius 3 is 2.94 bits per heavy atom. The SMILES string of the molecule is NC(=O)c1cccnc1NN1CCOCC1. The number of hydrazine groups is 1. The molecule has 1 aromatic rings. The molecule has 3 N–H and O–H groups in total. The van der Waals surface area contributed by atoms with Crippen molar-refractivity contribution in [2.24, 2.45) is 5.73 Å². The molecule has 1 aromatic heterocycles. The average molecular weight is 222 g/mol. The standard InChI is InChI=1S/C10H14N4O2/c11-9(15)8-2-1-3-12-10(8)13-14-4-6-16-7-5-14/h1-3H,4-7H2,(H2,11,15)(H,12,13). The molecule has 0 atom stereocenters. The molecule has 2 rings (SSSR count). The Kier molecular flexibility index (Phi) is 3.33. The van der Waals surface area contributed by atoms with Crippen LogP contribution < -0.4 is 11.2 Å². The number of nitrogens with one attached hydrogen (secondary N) is 1. The number of nitrogens with zero attached hydrogens (tertiary/aromatic N) is 2. The summed E-state index contributed by atoms with van der Waals surface area (Å²) in [5.41, 5.74) is 8.73. The highest BCUT2D eigenvalue weighted by molar-refractivity contribution is 5.97. The minimum atomic E-state index is -0.483. The van der Waals surface area contributed by atoms with Crippen LogP contribution >= 0.6 is 0 Å². The maximum atomic E-state index is 11.2. The minimum Gasteiger partial charge on any atom is -0.379 e. The molecule has 0 bridgehead atoms. The number of nitrogens with two attached hydrogens (primary N) is 1. The van der Waals surface area contributed by atoms with E-state index in [0.717, 1.165) is 13.1 Å². The number of hydrogen-bond acceptors (Lipinski definition) is 5. The number of rotatable bonds is 3. The quantitative estimate of drug-likeness (QED) is 0.742. The van der Waals surface area contributed by atoms with Crippen LogP contribution in [-0.4, -0.2) is 42.2 Å². The Morgan fingerprint density at radius 2 is 2.25 bits per heavy atom. The van der Waals surface area contributed by atoms with Crippen molar-refractivity contribution in [3.8, 4) is 0 Å². The molecule has 2 heterocycles. The number of pyridine rings is 1. The van der Waals surface area contributed by atoms with Crippen LogP contribution in [0.25, 0.3) is 0 Å². The van der Waals surface area contributed by atoms with E-state index in [4.69, 9.17) is 10.5 Å². The molecule has 6 nitrogen and oxygen atoms in total. The van der Waals surface area contributed by atoms with E-state index >= 15 is 0 Å². The number of morpholine rings is 1. The van der Waals surface area contributed by atoms with Crippen LogP contribution in [0.4, 0.5) is 5.82 Å². The fraction of sp³-hybridized carbons (Fsp3) is 0.400. The first-order valence-corrected chi connectivity index (χ1v) is 5.11. The van der Waals surface area contributed by atoms with Crippen molar-refractivity contribution < 1.29 is 9.53 Å². The Balaban J connectivity index is 2.10. The lowest BCUT2D eigenvalue weighted by Gasteiger charge is -2.27. The summed E-state index contributed by atoms with van der Waals surface area (Å²) in [6, 6.07) is 3.34. The molecular formula is C10H14N4O2. The van der Waals surface area contributed by atoms with Gasteiger partial charge in [-0.15, -0.1) is 0 Å². The molecule has 1 saturated heterocycles. The third-order valence-electron chi connectivity index (χ3n) is 2.35. The Labute approximate surface area is 93.4 Å². The lowest BCUT2D eigenvalue weighted by Crippen LogP contribution is -2.41. The largest absolute Gasteiger partial charge is 0.379 e. The molecule has 0 aliphatic carbocycles. The van der Waals surface area contributed by atoms with Crippen molar-refractivity contribution in [2.75, 3.05) is 31.7 Å². The molecule has 0 unspecified atom stereocenters. The van der Waals surface area contributed by atoms with E-state index in [9.17, 15) is 4.79 Å². The summed E-state index contributed by atoms with van der Waals surface area (Å²) < 4.78 is 5.22. The van der Waals surface area contributed by atoms with Gasteiger partial charge in [-0.3, -0.25) is 4.79 Å². The molecule has 0 aromatic carbocycles. The summed E-state index contributed by atoms with van der Waals surface area (Å²) >= 11 is 0. The van der Waals surface area contributed by atoms with Gasteiger partial charge in [0.1, 0.15) is 0 Å². The number of ether oxygens (including phenoxy) is 1. The van der Waals surface area contributed by atoms with Crippen LogP contribution in [-0.2, 0) is 4.74 Å². The Bertz CT molecular complexity index is 377. The molecule has 0 radical (unpaired) electrons. The molecule has 16 heavy (non-hydrogen) atoms. The zero-order valence-electron chi connectivity index (χ0n) is 8.85. The first-order valence-electron chi connectivity index (χ1n) is 5.11. The Hall–Kier alpha value is -1.66. The average Bonchev–Trinajstić information content (AvgIpc) is 2.31. The van der Waals surface area contributed by atoms with Gasteiger partial charge in [0.2, 0.25) is 0 Å². The van der Waals surface area contributed by atoms with Gasteiger partial charge in [0.15, 0.2) is 5.82 Å². The van der Waals surface area contributed by atoms with Crippen molar-refractivity contribution in [1.29, 1.82) is 0 Å². The van der Waals surface area contributed by atoms with Crippen LogP contribution in [0.1, 0.15) is 10.4 Å². The van der Waals surface area contributed by atoms with Gasteiger partial charge in [-0.1, -0.05) is 0 Å². The third-order valence-corrected chi connectivity index (χ3v) is 2.35. The maximum Gasteiger partial charge on any atom is 0.252 e. The highest BCUT2D eigenvalue weighted by Gasteiger charge is 2.14. The molecule has 1 aliphatic heterocycles. The monoisotopic (exact) mass is 222 g/mol. The van der Waals surface area contributed by atoms with Gasteiger partial charge in [0, 0.05) is 19.3 Å². The van der Waals surface area contributed by atoms with Crippen molar-refractivity contribution in [3.63, 3.8) is 0 Å². The number of hydrogen-bond donors (Lipinski definition) is 2. The van der Waals surface area contributed by atoms with Crippen molar-refractivity contribution >= 4 is 11.7 Å². The first-order chi connectivity index (χ1) is 7.77. The number of carbonyl (C=O) groups excluding carboxylic acids is 1. The van der Waals surface area contributed by atoms with Gasteiger partial charge in [0.05, 0.1) is 18.8 Å². The number of aromatic nitrogens is 1. The molecule has 1 amide bonds. The van der Waals surface area contributed by atoms with Crippen LogP contribution in [0.5, 0.6) is 0 Å². The van der Waals surface area contributed by atoms with Crippen LogP contribution in [0, 0.1) is 0 Å². The number of amides is 1. The van der Waals surface area contributed by atoms with E-state index in [1.807, 2.05) is 5.01 Å². The van der Waals surface area contributed by atoms with Gasteiger partial charge in [-0.2, -0.15) is 0 Å². The van der Waals surface area contributed by atoms with E-state index in [1.165, 1.54) is 0 Å². The van der Waals surface area contributed by atoms with E-state index in [1.54, 1.807) is 18.3 Å². The van der Waals surface area contributed by atoms with Crippen LogP contribution in [0.2, 0.25) is 0 Å². The smallest absolute Gasteiger partial charge is 0.252 e. The van der Waals surface area contributed by atoms with Gasteiger partial charge in [0.25, 0.3) is 5.91 Å². The lowest BCUT2D eigenvalue weighted by molar-refractivity contribution is 0.0494. The van der Waals surface area contributed by atoms with E-state index in [2.05, 4.69) is 10.4 Å². The van der Waals surface area contributed by atoms with Gasteiger partial charge < -0.3 is 15.9 Å². The van der Waals surface area contributed by atoms with Gasteiger partial charge in [-0.05, 0) is 12.1 Å². The highest BCUT2D eigenvalue weighted by atomic mass is 16.5. The zero-order chi connectivity index (χ0) is 11.4. The van der Waals surface area contributed by atoms with Crippen molar-refractivity contribution in [1.82, 2.24) is 9.99 Å². The predicted molar refractivity (Wildman–Crippen MR) is 58.8 cm³/mol. The molecule has 0 saturated carbocycles. The number of primary amides is 1. The normalized spacial score (nSPS) is 17.0. The third kappa shape index (κ3) is 2.47. The fourth-order valence-electron chi connectivity index (χ4n) is 1.52. The van der Waals surface area contributed by atoms with E-state index in [-0.39, 0.29) is 0 Å². The molecule has 1 aliphatic rings. The summed E-state index contributed by atoms with van der Waals surface area (Å²) in [7, 11) is 0. The number of anilines is 1. The summed E-state index contributed by atoms with van der Waals surface area (Å²) in [5, 5.41) is 1.96. The van der Waals surface area contributed by atoms with Gasteiger partial charge in [-0.25, -0.2) is 9.99 Å². The molecule has 0 spiro atoms. The minimum absolute atomic E-state index is 0.397. The molecular weight excluding hydrogens is 208 g/mol. The van der Waals surface area contributed by atoms with Gasteiger partial charge >= 0.3 is 0 Å².